The molecule has 0 aliphatic rings. The second kappa shape index (κ2) is 64.6. The molecule has 0 radical (unpaired) electrons. The summed E-state index contributed by atoms with van der Waals surface area (Å²) in [6.45, 7) is 6.52. The monoisotopic (exact) mass is 1070 g/mol. The highest BCUT2D eigenvalue weighted by atomic mass is 16.6. The van der Waals surface area contributed by atoms with E-state index in [1.54, 1.807) is 0 Å². The molecule has 0 aliphatic carbocycles. The molecule has 0 aromatic rings. The fourth-order valence-corrected chi connectivity index (χ4v) is 8.92. The molecule has 0 rings (SSSR count). The van der Waals surface area contributed by atoms with E-state index < -0.39 is 6.10 Å². The van der Waals surface area contributed by atoms with E-state index in [4.69, 9.17) is 14.2 Å². The van der Waals surface area contributed by atoms with Crippen LogP contribution in [-0.4, -0.2) is 37.2 Å². The summed E-state index contributed by atoms with van der Waals surface area (Å²) in [5, 5.41) is 0. The fourth-order valence-electron chi connectivity index (χ4n) is 8.92. The predicted octanol–water partition coefficient (Wildman–Crippen LogP) is 22.2. The average Bonchev–Trinajstić information content (AvgIpc) is 3.43. The van der Waals surface area contributed by atoms with Crippen LogP contribution in [0.5, 0.6) is 0 Å². The van der Waals surface area contributed by atoms with Gasteiger partial charge in [0.2, 0.25) is 0 Å². The molecular formula is C71H120O6. The first-order valence-corrected chi connectivity index (χ1v) is 32.4. The molecule has 0 saturated heterocycles. The second-order valence-corrected chi connectivity index (χ2v) is 21.3. The van der Waals surface area contributed by atoms with E-state index in [9.17, 15) is 14.4 Å². The molecule has 0 bridgehead atoms. The smallest absolute Gasteiger partial charge is 0.306 e. The van der Waals surface area contributed by atoms with Crippen LogP contribution in [0.4, 0.5) is 0 Å². The van der Waals surface area contributed by atoms with Gasteiger partial charge in [-0.15, -0.1) is 0 Å². The topological polar surface area (TPSA) is 78.9 Å². The molecule has 1 unspecified atom stereocenters. The van der Waals surface area contributed by atoms with Gasteiger partial charge in [-0.05, 0) is 109 Å². The van der Waals surface area contributed by atoms with E-state index in [-0.39, 0.29) is 31.1 Å². The van der Waals surface area contributed by atoms with Crippen molar-refractivity contribution in [2.75, 3.05) is 13.2 Å². The largest absolute Gasteiger partial charge is 0.462 e. The summed E-state index contributed by atoms with van der Waals surface area (Å²) in [5.74, 6) is -0.891. The van der Waals surface area contributed by atoms with Crippen molar-refractivity contribution in [1.82, 2.24) is 0 Å². The number of carbonyl (C=O) groups excluding carboxylic acids is 3. The Morgan fingerprint density at radius 1 is 0.273 bits per heavy atom. The minimum absolute atomic E-state index is 0.0810. The van der Waals surface area contributed by atoms with Crippen molar-refractivity contribution in [3.05, 3.63) is 109 Å². The van der Waals surface area contributed by atoms with Crippen LogP contribution in [0.25, 0.3) is 0 Å². The highest BCUT2D eigenvalue weighted by molar-refractivity contribution is 5.71. The molecule has 0 heterocycles. The van der Waals surface area contributed by atoms with E-state index in [0.29, 0.717) is 19.3 Å². The maximum Gasteiger partial charge on any atom is 0.306 e. The van der Waals surface area contributed by atoms with Crippen LogP contribution in [0.2, 0.25) is 0 Å². The molecule has 0 aromatic carbocycles. The van der Waals surface area contributed by atoms with Crippen molar-refractivity contribution < 1.29 is 28.6 Å². The molecule has 1 atom stereocenters. The van der Waals surface area contributed by atoms with Crippen molar-refractivity contribution in [1.29, 1.82) is 0 Å². The average molecular weight is 1070 g/mol. The minimum atomic E-state index is -0.785. The van der Waals surface area contributed by atoms with Crippen LogP contribution in [0.1, 0.15) is 303 Å². The summed E-state index contributed by atoms with van der Waals surface area (Å²) in [4.78, 5) is 38.2. The summed E-state index contributed by atoms with van der Waals surface area (Å²) < 4.78 is 16.9. The van der Waals surface area contributed by atoms with Gasteiger partial charge in [-0.1, -0.05) is 284 Å². The number of ether oxygens (including phenoxy) is 3. The van der Waals surface area contributed by atoms with E-state index in [1.807, 2.05) is 0 Å². The zero-order valence-electron chi connectivity index (χ0n) is 50.4. The minimum Gasteiger partial charge on any atom is -0.462 e. The van der Waals surface area contributed by atoms with Gasteiger partial charge in [0.25, 0.3) is 0 Å². The lowest BCUT2D eigenvalue weighted by atomic mass is 10.0. The summed E-state index contributed by atoms with van der Waals surface area (Å²) in [6, 6.07) is 0. The third-order valence-corrected chi connectivity index (χ3v) is 13.8. The summed E-state index contributed by atoms with van der Waals surface area (Å²) >= 11 is 0. The Labute approximate surface area is 476 Å². The summed E-state index contributed by atoms with van der Waals surface area (Å²) in [6.07, 6.45) is 88.1. The molecule has 0 aliphatic heterocycles. The van der Waals surface area contributed by atoms with Crippen LogP contribution in [0.3, 0.4) is 0 Å². The van der Waals surface area contributed by atoms with Gasteiger partial charge < -0.3 is 14.2 Å². The zero-order chi connectivity index (χ0) is 55.7. The molecule has 6 nitrogen and oxygen atoms in total. The van der Waals surface area contributed by atoms with Crippen LogP contribution in [0.15, 0.2) is 109 Å². The fraction of sp³-hybridized carbons (Fsp3) is 0.704. The number of unbranched alkanes of at least 4 members (excludes halogenated alkanes) is 29. The van der Waals surface area contributed by atoms with E-state index >= 15 is 0 Å². The van der Waals surface area contributed by atoms with Gasteiger partial charge in [0.05, 0.1) is 0 Å². The van der Waals surface area contributed by atoms with Crippen molar-refractivity contribution in [3.8, 4) is 0 Å². The molecule has 0 spiro atoms. The molecule has 0 saturated carbocycles. The lowest BCUT2D eigenvalue weighted by Crippen LogP contribution is -2.30. The van der Waals surface area contributed by atoms with E-state index in [2.05, 4.69) is 130 Å². The maximum absolute atomic E-state index is 12.9. The highest BCUT2D eigenvalue weighted by Crippen LogP contribution is 2.16. The van der Waals surface area contributed by atoms with E-state index in [1.165, 1.54) is 135 Å². The van der Waals surface area contributed by atoms with Crippen LogP contribution < -0.4 is 0 Å². The zero-order valence-corrected chi connectivity index (χ0v) is 50.4. The van der Waals surface area contributed by atoms with Gasteiger partial charge in [0.15, 0.2) is 6.10 Å². The number of hydrogen-bond donors (Lipinski definition) is 0. The Morgan fingerprint density at radius 3 is 0.805 bits per heavy atom. The standard InChI is InChI=1S/C71H120O6/c1-4-7-10-13-16-19-22-25-27-28-29-30-31-32-33-34-35-36-37-38-39-40-41-42-43-44-45-47-49-52-55-58-61-64-70(73)76-67-68(66-75-69(72)63-60-57-54-51-48-24-21-18-15-12-9-6-3)77-71(74)65-62-59-56-53-50-46-26-23-20-17-14-11-8-5-2/h7,10,16,19,23,25-27,29-30,32-33,35-36,38-39,41-42,68H,4-6,8-9,11-15,17-18,20-22,24,28,31,34,37,40,43-67H2,1-3H3/b10-7-,19-16-,26-23-,27-25-,30-29-,33-32-,36-35-,39-38-,42-41-. The first kappa shape index (κ1) is 73.1. The van der Waals surface area contributed by atoms with Crippen molar-refractivity contribution in [2.24, 2.45) is 0 Å². The second-order valence-electron chi connectivity index (χ2n) is 21.3. The number of allylic oxidation sites excluding steroid dienone is 18. The molecule has 6 heteroatoms. The van der Waals surface area contributed by atoms with Gasteiger partial charge in [-0.3, -0.25) is 14.4 Å². The quantitative estimate of drug-likeness (QED) is 0.0261. The van der Waals surface area contributed by atoms with Crippen LogP contribution in [0, 0.1) is 0 Å². The Kier molecular flexibility index (Phi) is 61.3. The van der Waals surface area contributed by atoms with Gasteiger partial charge in [-0.25, -0.2) is 0 Å². The summed E-state index contributed by atoms with van der Waals surface area (Å²) in [7, 11) is 0. The van der Waals surface area contributed by atoms with Gasteiger partial charge in [0, 0.05) is 19.3 Å². The lowest BCUT2D eigenvalue weighted by Gasteiger charge is -2.18. The molecule has 77 heavy (non-hydrogen) atoms. The molecular weight excluding hydrogens is 949 g/mol. The molecule has 0 amide bonds. The lowest BCUT2D eigenvalue weighted by molar-refractivity contribution is -0.167. The van der Waals surface area contributed by atoms with Crippen molar-refractivity contribution in [2.45, 2.75) is 309 Å². The first-order chi connectivity index (χ1) is 38.0. The molecule has 0 aromatic heterocycles. The molecule has 0 N–H and O–H groups in total. The first-order valence-electron chi connectivity index (χ1n) is 32.4. The number of rotatable bonds is 58. The maximum atomic E-state index is 12.9. The third kappa shape index (κ3) is 62.8. The SMILES string of the molecule is CC/C=C\C/C=C\C/C=C\C/C=C\C/C=C\C/C=C\C/C=C\C/C=C\CCCCCCCCCCC(=O)OCC(COC(=O)CCCCCCCCCCCCCC)OC(=O)CCCCCCC/C=C\CCCCCCC. The molecule has 440 valence electrons. The van der Waals surface area contributed by atoms with Gasteiger partial charge >= 0.3 is 17.9 Å². The van der Waals surface area contributed by atoms with Crippen molar-refractivity contribution in [3.63, 3.8) is 0 Å². The number of hydrogen-bond acceptors (Lipinski definition) is 6. The highest BCUT2D eigenvalue weighted by Gasteiger charge is 2.19. The van der Waals surface area contributed by atoms with Crippen LogP contribution in [-0.2, 0) is 28.6 Å². The van der Waals surface area contributed by atoms with Crippen molar-refractivity contribution >= 4 is 17.9 Å². The van der Waals surface area contributed by atoms with Crippen LogP contribution >= 0.6 is 0 Å². The van der Waals surface area contributed by atoms with Gasteiger partial charge in [-0.2, -0.15) is 0 Å². The Morgan fingerprint density at radius 2 is 0.506 bits per heavy atom. The normalized spacial score (nSPS) is 12.8. The summed E-state index contributed by atoms with van der Waals surface area (Å²) in [5.41, 5.74) is 0. The third-order valence-electron chi connectivity index (χ3n) is 13.8. The Bertz CT molecular complexity index is 1560. The number of carbonyl (C=O) groups is 3. The van der Waals surface area contributed by atoms with Gasteiger partial charge in [0.1, 0.15) is 13.2 Å². The van der Waals surface area contributed by atoms with E-state index in [0.717, 1.165) is 128 Å². The molecule has 0 fully saturated rings. The Balaban J connectivity index is 4.23. The Hall–Kier alpha value is -3.93. The number of esters is 3. The predicted molar refractivity (Wildman–Crippen MR) is 334 cm³/mol.